The summed E-state index contributed by atoms with van der Waals surface area (Å²) < 4.78 is 22.2. The zero-order valence-electron chi connectivity index (χ0n) is 16.9. The van der Waals surface area contributed by atoms with Gasteiger partial charge in [0, 0.05) is 25.0 Å². The van der Waals surface area contributed by atoms with Crippen LogP contribution in [0.3, 0.4) is 0 Å². The van der Waals surface area contributed by atoms with Crippen molar-refractivity contribution >= 4 is 22.6 Å². The van der Waals surface area contributed by atoms with Crippen LogP contribution in [0.1, 0.15) is 26.3 Å². The third-order valence-electron chi connectivity index (χ3n) is 4.95. The molecule has 4 atom stereocenters. The summed E-state index contributed by atoms with van der Waals surface area (Å²) in [5, 5.41) is 23.8. The second kappa shape index (κ2) is 7.75. The Morgan fingerprint density at radius 3 is 2.55 bits per heavy atom. The molecular formula is C20H25NO8. The summed E-state index contributed by atoms with van der Waals surface area (Å²) in [5.41, 5.74) is -0.781. The quantitative estimate of drug-likeness (QED) is 0.648. The first-order valence-electron chi connectivity index (χ1n) is 9.13. The molecule has 1 aliphatic rings. The molecule has 0 aliphatic carbocycles. The largest absolute Gasteiger partial charge is 0.462 e. The predicted molar refractivity (Wildman–Crippen MR) is 104 cm³/mol. The summed E-state index contributed by atoms with van der Waals surface area (Å²) in [6.45, 7) is 6.43. The van der Waals surface area contributed by atoms with E-state index in [-0.39, 0.29) is 17.2 Å². The molecule has 0 radical (unpaired) electrons. The Balaban J connectivity index is 1.93. The van der Waals surface area contributed by atoms with Crippen molar-refractivity contribution in [2.24, 2.45) is 0 Å². The molecule has 9 nitrogen and oxygen atoms in total. The number of benzene rings is 1. The minimum atomic E-state index is -1.35. The van der Waals surface area contributed by atoms with Crippen LogP contribution < -0.4 is 15.7 Å². The van der Waals surface area contributed by atoms with Crippen molar-refractivity contribution in [2.45, 2.75) is 57.9 Å². The number of carbonyl (C=O) groups is 1. The number of ether oxygens (including phenoxy) is 3. The van der Waals surface area contributed by atoms with Gasteiger partial charge in [0.15, 0.2) is 0 Å². The van der Waals surface area contributed by atoms with Gasteiger partial charge >= 0.3 is 5.63 Å². The lowest BCUT2D eigenvalue weighted by molar-refractivity contribution is -0.306. The van der Waals surface area contributed by atoms with Crippen molar-refractivity contribution in [1.29, 1.82) is 0 Å². The summed E-state index contributed by atoms with van der Waals surface area (Å²) in [5.74, 6) is -0.0665. The highest BCUT2D eigenvalue weighted by Crippen LogP contribution is 2.34. The fourth-order valence-electron chi connectivity index (χ4n) is 3.54. The van der Waals surface area contributed by atoms with Gasteiger partial charge in [0.25, 0.3) is 0 Å². The zero-order valence-corrected chi connectivity index (χ0v) is 16.9. The number of rotatable bonds is 4. The van der Waals surface area contributed by atoms with Crippen molar-refractivity contribution in [1.82, 2.24) is 0 Å². The lowest BCUT2D eigenvalue weighted by Gasteiger charge is -2.46. The highest BCUT2D eigenvalue weighted by Gasteiger charge is 2.50. The van der Waals surface area contributed by atoms with Crippen LogP contribution in [0.4, 0.5) is 5.69 Å². The third kappa shape index (κ3) is 3.99. The molecule has 158 valence electrons. The number of hydrogen-bond acceptors (Lipinski definition) is 8. The first-order chi connectivity index (χ1) is 13.5. The van der Waals surface area contributed by atoms with E-state index in [0.29, 0.717) is 16.7 Å². The molecular weight excluding hydrogens is 382 g/mol. The monoisotopic (exact) mass is 407 g/mol. The highest BCUT2D eigenvalue weighted by molar-refractivity contribution is 5.91. The van der Waals surface area contributed by atoms with Gasteiger partial charge in [-0.2, -0.15) is 0 Å². The van der Waals surface area contributed by atoms with E-state index in [2.05, 4.69) is 5.32 Å². The number of aliphatic hydroxyl groups excluding tert-OH is 2. The van der Waals surface area contributed by atoms with E-state index in [4.69, 9.17) is 18.6 Å². The normalized spacial score (nSPS) is 26.3. The standard InChI is InChI=1S/C20H25NO8/c1-9-13(27-19-15(24)14(23)17(26-5)20(3,4)29-19)7-6-11-8-12(21-10(2)22)18(25)28-16(9)11/h6-8,14-15,17,19,23-24H,1-5H3,(H,21,22)/t14-,15?,17+,19+/m0/s1. The minimum absolute atomic E-state index is 0.0413. The summed E-state index contributed by atoms with van der Waals surface area (Å²) in [6, 6.07) is 4.80. The Kier molecular flexibility index (Phi) is 5.68. The van der Waals surface area contributed by atoms with Gasteiger partial charge in [0.2, 0.25) is 12.2 Å². The fraction of sp³-hybridized carbons (Fsp3) is 0.500. The zero-order chi connectivity index (χ0) is 21.5. The molecule has 3 N–H and O–H groups in total. The maximum atomic E-state index is 12.1. The van der Waals surface area contributed by atoms with Crippen LogP contribution in [0.25, 0.3) is 11.0 Å². The van der Waals surface area contributed by atoms with Gasteiger partial charge in [-0.25, -0.2) is 4.79 Å². The number of carbonyl (C=O) groups excluding carboxylic acids is 1. The van der Waals surface area contributed by atoms with Crippen molar-refractivity contribution in [3.63, 3.8) is 0 Å². The van der Waals surface area contributed by atoms with Gasteiger partial charge in [-0.3, -0.25) is 4.79 Å². The molecule has 3 rings (SSSR count). The van der Waals surface area contributed by atoms with Crippen LogP contribution in [-0.2, 0) is 14.3 Å². The second-order valence-corrected chi connectivity index (χ2v) is 7.58. The lowest BCUT2D eigenvalue weighted by Crippen LogP contribution is -2.63. The number of fused-ring (bicyclic) bond motifs is 1. The molecule has 0 bridgehead atoms. The van der Waals surface area contributed by atoms with Gasteiger partial charge < -0.3 is 34.2 Å². The Bertz CT molecular complexity index is 982. The Labute approximate surface area is 167 Å². The molecule has 1 saturated heterocycles. The predicted octanol–water partition coefficient (Wildman–Crippen LogP) is 1.31. The Hall–Kier alpha value is -2.46. The van der Waals surface area contributed by atoms with E-state index in [1.807, 2.05) is 0 Å². The van der Waals surface area contributed by atoms with Gasteiger partial charge in [-0.1, -0.05) is 0 Å². The Morgan fingerprint density at radius 1 is 1.24 bits per heavy atom. The summed E-state index contributed by atoms with van der Waals surface area (Å²) >= 11 is 0. The molecule has 1 aromatic carbocycles. The molecule has 1 amide bonds. The molecule has 9 heteroatoms. The highest BCUT2D eigenvalue weighted by atomic mass is 16.7. The van der Waals surface area contributed by atoms with Crippen LogP contribution in [0, 0.1) is 6.92 Å². The maximum Gasteiger partial charge on any atom is 0.360 e. The van der Waals surface area contributed by atoms with Crippen LogP contribution in [0.5, 0.6) is 5.75 Å². The molecule has 1 aliphatic heterocycles. The van der Waals surface area contributed by atoms with E-state index in [1.54, 1.807) is 32.9 Å². The number of methoxy groups -OCH3 is 1. The van der Waals surface area contributed by atoms with Crippen molar-refractivity contribution in [3.8, 4) is 5.75 Å². The SMILES string of the molecule is CO[C@@H]1[C@@H](O)C(O)[C@H](Oc2ccc3cc(NC(C)=O)c(=O)oc3c2C)OC1(C)C. The molecule has 1 fully saturated rings. The molecule has 29 heavy (non-hydrogen) atoms. The van der Waals surface area contributed by atoms with Gasteiger partial charge in [0.1, 0.15) is 35.3 Å². The molecule has 2 heterocycles. The number of nitrogens with one attached hydrogen (secondary N) is 1. The second-order valence-electron chi connectivity index (χ2n) is 7.58. The van der Waals surface area contributed by atoms with Crippen molar-refractivity contribution in [3.05, 3.63) is 34.2 Å². The number of amides is 1. The van der Waals surface area contributed by atoms with E-state index in [9.17, 15) is 19.8 Å². The van der Waals surface area contributed by atoms with Gasteiger partial charge in [-0.05, 0) is 39.0 Å². The number of aryl methyl sites for hydroxylation is 1. The van der Waals surface area contributed by atoms with E-state index in [1.165, 1.54) is 20.1 Å². The average molecular weight is 407 g/mol. The van der Waals surface area contributed by atoms with Gasteiger partial charge in [0.05, 0.1) is 5.60 Å². The maximum absolute atomic E-state index is 12.1. The fourth-order valence-corrected chi connectivity index (χ4v) is 3.54. The summed E-state index contributed by atoms with van der Waals surface area (Å²) in [4.78, 5) is 23.4. The minimum Gasteiger partial charge on any atom is -0.462 e. The molecule has 1 aromatic heterocycles. The van der Waals surface area contributed by atoms with E-state index in [0.717, 1.165) is 0 Å². The molecule has 2 aromatic rings. The van der Waals surface area contributed by atoms with Crippen molar-refractivity contribution in [2.75, 3.05) is 12.4 Å². The van der Waals surface area contributed by atoms with Gasteiger partial charge in [-0.15, -0.1) is 0 Å². The average Bonchev–Trinajstić information content (AvgIpc) is 2.63. The number of hydrogen-bond donors (Lipinski definition) is 3. The van der Waals surface area contributed by atoms with Crippen LogP contribution in [-0.4, -0.2) is 53.4 Å². The number of aliphatic hydroxyl groups is 2. The van der Waals surface area contributed by atoms with Crippen LogP contribution in [0.2, 0.25) is 0 Å². The Morgan fingerprint density at radius 2 is 1.93 bits per heavy atom. The van der Waals surface area contributed by atoms with E-state index >= 15 is 0 Å². The molecule has 0 spiro atoms. The third-order valence-corrected chi connectivity index (χ3v) is 4.95. The topological polar surface area (TPSA) is 127 Å². The number of anilines is 1. The molecule has 1 unspecified atom stereocenters. The van der Waals surface area contributed by atoms with E-state index < -0.39 is 35.8 Å². The van der Waals surface area contributed by atoms with Crippen LogP contribution >= 0.6 is 0 Å². The van der Waals surface area contributed by atoms with Crippen LogP contribution in [0.15, 0.2) is 27.4 Å². The first-order valence-corrected chi connectivity index (χ1v) is 9.13. The summed E-state index contributed by atoms with van der Waals surface area (Å²) in [6.07, 6.45) is -4.46. The van der Waals surface area contributed by atoms with Crippen molar-refractivity contribution < 1.29 is 33.6 Å². The first kappa shape index (κ1) is 21.3. The smallest absolute Gasteiger partial charge is 0.360 e. The molecule has 0 saturated carbocycles. The summed E-state index contributed by atoms with van der Waals surface area (Å²) in [7, 11) is 1.43. The lowest BCUT2D eigenvalue weighted by atomic mass is 9.89.